The first kappa shape index (κ1) is 31.2. The van der Waals surface area contributed by atoms with Crippen LogP contribution in [-0.4, -0.2) is 0 Å². The number of nitrogens with zero attached hydrogens (tertiary/aromatic N) is 2. The van der Waals surface area contributed by atoms with Crippen molar-refractivity contribution in [1.82, 2.24) is 0 Å². The maximum absolute atomic E-state index is 6.85. The molecular formula is C50H38N2O. The van der Waals surface area contributed by atoms with Crippen molar-refractivity contribution >= 4 is 44.9 Å². The molecule has 0 aliphatic carbocycles. The van der Waals surface area contributed by atoms with Crippen LogP contribution in [0.1, 0.15) is 30.5 Å². The van der Waals surface area contributed by atoms with E-state index in [0.717, 1.165) is 45.5 Å². The van der Waals surface area contributed by atoms with Crippen LogP contribution < -0.4 is 14.5 Å². The maximum Gasteiger partial charge on any atom is 0.151 e. The summed E-state index contributed by atoms with van der Waals surface area (Å²) < 4.78 is 6.85. The Hall–Kier alpha value is -6.58. The van der Waals surface area contributed by atoms with E-state index in [-0.39, 0.29) is 5.41 Å². The Bertz CT molecular complexity index is 2700. The third-order valence-corrected chi connectivity index (χ3v) is 11.2. The number of rotatable bonds is 5. The first-order chi connectivity index (χ1) is 26.0. The third-order valence-electron chi connectivity index (χ3n) is 11.2. The smallest absolute Gasteiger partial charge is 0.151 e. The molecule has 0 bridgehead atoms. The lowest BCUT2D eigenvalue weighted by molar-refractivity contribution is 0.471. The summed E-state index contributed by atoms with van der Waals surface area (Å²) in [5.41, 5.74) is 14.9. The van der Waals surface area contributed by atoms with E-state index in [9.17, 15) is 0 Å². The summed E-state index contributed by atoms with van der Waals surface area (Å²) in [5.74, 6) is 1.73. The van der Waals surface area contributed by atoms with Gasteiger partial charge in [-0.05, 0) is 99.6 Å². The number of para-hydroxylation sites is 1. The number of anilines is 6. The highest BCUT2D eigenvalue weighted by atomic mass is 16.5. The van der Waals surface area contributed by atoms with E-state index in [1.165, 1.54) is 49.8 Å². The Kier molecular flexibility index (Phi) is 7.06. The van der Waals surface area contributed by atoms with Crippen LogP contribution in [0.3, 0.4) is 0 Å². The van der Waals surface area contributed by atoms with Crippen LogP contribution in [0.25, 0.3) is 33.0 Å². The van der Waals surface area contributed by atoms with Crippen molar-refractivity contribution in [3.63, 3.8) is 0 Å². The van der Waals surface area contributed by atoms with Gasteiger partial charge < -0.3 is 14.5 Å². The molecule has 0 spiro atoms. The van der Waals surface area contributed by atoms with Crippen molar-refractivity contribution < 1.29 is 4.74 Å². The van der Waals surface area contributed by atoms with Crippen LogP contribution in [0, 0.1) is 6.92 Å². The van der Waals surface area contributed by atoms with Gasteiger partial charge in [-0.25, -0.2) is 0 Å². The predicted molar refractivity (Wildman–Crippen MR) is 221 cm³/mol. The second-order valence-electron chi connectivity index (χ2n) is 14.7. The zero-order valence-electron chi connectivity index (χ0n) is 30.0. The van der Waals surface area contributed by atoms with Gasteiger partial charge >= 0.3 is 0 Å². The first-order valence-corrected chi connectivity index (χ1v) is 18.4. The third kappa shape index (κ3) is 4.96. The molecule has 53 heavy (non-hydrogen) atoms. The molecule has 254 valence electrons. The molecule has 0 N–H and O–H groups in total. The Morgan fingerprint density at radius 2 is 1.11 bits per heavy atom. The van der Waals surface area contributed by atoms with E-state index in [0.29, 0.717) is 0 Å². The molecule has 0 amide bonds. The lowest BCUT2D eigenvalue weighted by Gasteiger charge is -2.46. The molecule has 2 aliphatic rings. The lowest BCUT2D eigenvalue weighted by atomic mass is 9.72. The molecule has 0 aromatic heterocycles. The van der Waals surface area contributed by atoms with E-state index in [4.69, 9.17) is 4.74 Å². The van der Waals surface area contributed by atoms with Gasteiger partial charge in [0, 0.05) is 22.4 Å². The quantitative estimate of drug-likeness (QED) is 0.180. The summed E-state index contributed by atoms with van der Waals surface area (Å²) in [5, 5.41) is 2.42. The average Bonchev–Trinajstić information content (AvgIpc) is 3.21. The monoisotopic (exact) mass is 682 g/mol. The van der Waals surface area contributed by atoms with E-state index < -0.39 is 0 Å². The molecule has 10 rings (SSSR count). The number of fused-ring (bicyclic) bond motifs is 5. The summed E-state index contributed by atoms with van der Waals surface area (Å²) in [6.45, 7) is 6.92. The van der Waals surface area contributed by atoms with Crippen LogP contribution in [-0.2, 0) is 5.41 Å². The number of ether oxygens (including phenoxy) is 1. The Morgan fingerprint density at radius 3 is 1.89 bits per heavy atom. The second kappa shape index (κ2) is 12.0. The van der Waals surface area contributed by atoms with Gasteiger partial charge in [-0.1, -0.05) is 141 Å². The van der Waals surface area contributed by atoms with Gasteiger partial charge in [0.05, 0.1) is 22.7 Å². The Morgan fingerprint density at radius 1 is 0.472 bits per heavy atom. The zero-order valence-corrected chi connectivity index (χ0v) is 30.0. The molecule has 8 aromatic rings. The molecule has 3 nitrogen and oxygen atoms in total. The molecular weight excluding hydrogens is 645 g/mol. The molecule has 8 aromatic carbocycles. The summed E-state index contributed by atoms with van der Waals surface area (Å²) in [6, 6.07) is 63.4. The molecule has 0 fully saturated rings. The number of hydrogen-bond acceptors (Lipinski definition) is 3. The molecule has 0 unspecified atom stereocenters. The minimum absolute atomic E-state index is 0.228. The van der Waals surface area contributed by atoms with E-state index >= 15 is 0 Å². The van der Waals surface area contributed by atoms with Crippen molar-refractivity contribution in [2.24, 2.45) is 0 Å². The number of hydrogen-bond donors (Lipinski definition) is 0. The van der Waals surface area contributed by atoms with Crippen LogP contribution in [0.4, 0.5) is 34.1 Å². The van der Waals surface area contributed by atoms with E-state index in [2.05, 4.69) is 206 Å². The molecule has 2 heterocycles. The molecule has 0 atom stereocenters. The Labute approximate surface area is 311 Å². The van der Waals surface area contributed by atoms with Crippen LogP contribution in [0.5, 0.6) is 11.5 Å². The van der Waals surface area contributed by atoms with Crippen molar-refractivity contribution in [2.75, 3.05) is 9.80 Å². The van der Waals surface area contributed by atoms with E-state index in [1.807, 2.05) is 0 Å². The summed E-state index contributed by atoms with van der Waals surface area (Å²) in [4.78, 5) is 4.89. The normalized spacial score (nSPS) is 13.5. The minimum Gasteiger partial charge on any atom is -0.453 e. The first-order valence-electron chi connectivity index (χ1n) is 18.4. The van der Waals surface area contributed by atoms with Crippen molar-refractivity contribution in [1.29, 1.82) is 0 Å². The summed E-state index contributed by atoms with van der Waals surface area (Å²) in [6.07, 6.45) is 0. The SMILES string of the molecule is Cc1c(N(c2cccc(-c3ccccc3)c2)c2ccc3ccccc3c2)ccc2c1N1c3cc(-c4ccccc4)ccc3C(C)(C)c3cccc(c31)O2. The van der Waals surface area contributed by atoms with Crippen molar-refractivity contribution in [3.05, 3.63) is 193 Å². The van der Waals surface area contributed by atoms with Gasteiger partial charge in [0.2, 0.25) is 0 Å². The predicted octanol–water partition coefficient (Wildman–Crippen LogP) is 14.2. The second-order valence-corrected chi connectivity index (χ2v) is 14.7. The standard InChI is InChI=1S/C50H38N2O/c1-33-44(51(41-26-24-36-18-10-11-19-37(36)31-41)40-21-12-20-38(30-40)34-14-6-4-7-15-34)28-29-47-48(33)52-45-32-39(35-16-8-5-9-17-35)25-27-42(45)50(2,3)43-22-13-23-46(53-47)49(43)52/h4-32H,1-3H3. The lowest BCUT2D eigenvalue weighted by Crippen LogP contribution is -2.32. The van der Waals surface area contributed by atoms with Crippen LogP contribution in [0.15, 0.2) is 176 Å². The fourth-order valence-electron chi connectivity index (χ4n) is 8.48. The largest absolute Gasteiger partial charge is 0.453 e. The van der Waals surface area contributed by atoms with E-state index in [1.54, 1.807) is 0 Å². The Balaban J connectivity index is 1.22. The molecule has 2 aliphatic heterocycles. The highest BCUT2D eigenvalue weighted by molar-refractivity contribution is 5.98. The van der Waals surface area contributed by atoms with Gasteiger partial charge in [0.25, 0.3) is 0 Å². The molecule has 0 saturated heterocycles. The fraction of sp³-hybridized carbons (Fsp3) is 0.0800. The maximum atomic E-state index is 6.85. The fourth-order valence-corrected chi connectivity index (χ4v) is 8.48. The molecule has 3 heteroatoms. The van der Waals surface area contributed by atoms with Gasteiger partial charge in [-0.2, -0.15) is 0 Å². The van der Waals surface area contributed by atoms with Gasteiger partial charge in [-0.3, -0.25) is 0 Å². The number of benzene rings is 8. The van der Waals surface area contributed by atoms with Crippen molar-refractivity contribution in [3.8, 4) is 33.8 Å². The minimum atomic E-state index is -0.228. The van der Waals surface area contributed by atoms with Crippen molar-refractivity contribution in [2.45, 2.75) is 26.2 Å². The molecule has 0 saturated carbocycles. The van der Waals surface area contributed by atoms with Gasteiger partial charge in [0.1, 0.15) is 0 Å². The van der Waals surface area contributed by atoms with Gasteiger partial charge in [-0.15, -0.1) is 0 Å². The molecule has 0 radical (unpaired) electrons. The summed E-state index contributed by atoms with van der Waals surface area (Å²) >= 11 is 0. The highest BCUT2D eigenvalue weighted by Gasteiger charge is 2.42. The summed E-state index contributed by atoms with van der Waals surface area (Å²) in [7, 11) is 0. The van der Waals surface area contributed by atoms with Crippen LogP contribution >= 0.6 is 0 Å². The zero-order chi connectivity index (χ0) is 35.7. The highest BCUT2D eigenvalue weighted by Crippen LogP contribution is 2.62. The average molecular weight is 683 g/mol. The topological polar surface area (TPSA) is 15.7 Å². The van der Waals surface area contributed by atoms with Gasteiger partial charge in [0.15, 0.2) is 11.5 Å². The van der Waals surface area contributed by atoms with Crippen LogP contribution in [0.2, 0.25) is 0 Å².